The molecule has 118 valence electrons. The molecule has 5 nitrogen and oxygen atoms in total. The lowest BCUT2D eigenvalue weighted by Gasteiger charge is -2.09. The van der Waals surface area contributed by atoms with Crippen LogP contribution in [0.15, 0.2) is 58.3 Å². The molecule has 0 fully saturated rings. The van der Waals surface area contributed by atoms with E-state index in [0.29, 0.717) is 0 Å². The Labute approximate surface area is 134 Å². The highest BCUT2D eigenvalue weighted by atomic mass is 35.5. The molecule has 0 aromatic heterocycles. The first-order valence-electron chi connectivity index (χ1n) is 6.28. The second-order valence-corrected chi connectivity index (χ2v) is 8.57. The van der Waals surface area contributed by atoms with Crippen LogP contribution in [0.25, 0.3) is 0 Å². The van der Waals surface area contributed by atoms with E-state index in [0.717, 1.165) is 0 Å². The highest BCUT2D eigenvalue weighted by Gasteiger charge is 2.19. The summed E-state index contributed by atoms with van der Waals surface area (Å²) in [5.74, 6) is -0.0516. The maximum atomic E-state index is 12.2. The Hall–Kier alpha value is -1.57. The van der Waals surface area contributed by atoms with Crippen molar-refractivity contribution in [3.8, 4) is 5.75 Å². The first-order chi connectivity index (χ1) is 10.3. The molecule has 0 bridgehead atoms. The van der Waals surface area contributed by atoms with E-state index in [2.05, 4.69) is 0 Å². The van der Waals surface area contributed by atoms with Gasteiger partial charge in [0.05, 0.1) is 15.7 Å². The van der Waals surface area contributed by atoms with Gasteiger partial charge in [-0.1, -0.05) is 30.7 Å². The van der Waals surface area contributed by atoms with Crippen molar-refractivity contribution in [2.24, 2.45) is 0 Å². The van der Waals surface area contributed by atoms with Gasteiger partial charge in [0.1, 0.15) is 4.90 Å². The van der Waals surface area contributed by atoms with Gasteiger partial charge in [-0.05, 0) is 36.4 Å². The zero-order valence-corrected chi connectivity index (χ0v) is 14.0. The number of benzene rings is 2. The highest BCUT2D eigenvalue weighted by Crippen LogP contribution is 2.27. The van der Waals surface area contributed by atoms with Crippen LogP contribution in [0, 0.1) is 0 Å². The van der Waals surface area contributed by atoms with E-state index in [1.54, 1.807) is 12.1 Å². The number of para-hydroxylation sites is 1. The van der Waals surface area contributed by atoms with Crippen LogP contribution in [0.3, 0.4) is 0 Å². The normalized spacial score (nSPS) is 12.1. The highest BCUT2D eigenvalue weighted by molar-refractivity contribution is 7.91. The summed E-state index contributed by atoms with van der Waals surface area (Å²) in [6.45, 7) is 1.51. The second kappa shape index (κ2) is 6.28. The number of hydrogen-bond donors (Lipinski definition) is 0. The fraction of sp³-hybridized carbons (Fsp3) is 0.143. The number of rotatable bonds is 5. The summed E-state index contributed by atoms with van der Waals surface area (Å²) in [7, 11) is -7.47. The summed E-state index contributed by atoms with van der Waals surface area (Å²) in [5, 5.41) is 0.163. The molecule has 2 aromatic carbocycles. The molecule has 22 heavy (non-hydrogen) atoms. The van der Waals surface area contributed by atoms with Gasteiger partial charge in [0.15, 0.2) is 15.6 Å². The molecule has 2 rings (SSSR count). The molecule has 0 aliphatic rings. The van der Waals surface area contributed by atoms with E-state index in [4.69, 9.17) is 15.8 Å². The van der Waals surface area contributed by atoms with Crippen LogP contribution in [-0.2, 0) is 20.0 Å². The second-order valence-electron chi connectivity index (χ2n) is 4.34. The SMILES string of the molecule is CCS(=O)(=O)c1ccc(S(=O)(=O)Oc2ccccc2Cl)cc1. The Kier molecular flexibility index (Phi) is 4.79. The standard InChI is InChI=1S/C14H13ClO5S2/c1-2-21(16,17)11-7-9-12(10-8-11)22(18,19)20-14-6-4-3-5-13(14)15/h3-10H,2H2,1H3. The van der Waals surface area contributed by atoms with Gasteiger partial charge >= 0.3 is 10.1 Å². The zero-order chi connectivity index (χ0) is 16.4. The molecule has 0 unspecified atom stereocenters. The smallest absolute Gasteiger partial charge is 0.339 e. The van der Waals surface area contributed by atoms with Crippen molar-refractivity contribution in [2.75, 3.05) is 5.75 Å². The lowest BCUT2D eigenvalue weighted by atomic mass is 10.3. The van der Waals surface area contributed by atoms with E-state index in [1.807, 2.05) is 0 Å². The Bertz CT molecular complexity index is 872. The first kappa shape index (κ1) is 16.8. The molecule has 0 heterocycles. The van der Waals surface area contributed by atoms with Gasteiger partial charge in [0.25, 0.3) is 0 Å². The third-order valence-corrected chi connectivity index (χ3v) is 6.20. The lowest BCUT2D eigenvalue weighted by molar-refractivity contribution is 0.486. The molecule has 0 atom stereocenters. The van der Waals surface area contributed by atoms with Crippen LogP contribution in [0.4, 0.5) is 0 Å². The lowest BCUT2D eigenvalue weighted by Crippen LogP contribution is -2.10. The zero-order valence-electron chi connectivity index (χ0n) is 11.6. The van der Waals surface area contributed by atoms with Crippen LogP contribution in [0.1, 0.15) is 6.92 Å². The molecule has 0 amide bonds. The van der Waals surface area contributed by atoms with Crippen molar-refractivity contribution in [1.82, 2.24) is 0 Å². The summed E-state index contributed by atoms with van der Waals surface area (Å²) in [6, 6.07) is 11.0. The van der Waals surface area contributed by atoms with Gasteiger partial charge in [-0.2, -0.15) is 8.42 Å². The molecule has 2 aromatic rings. The largest absolute Gasteiger partial charge is 0.377 e. The van der Waals surface area contributed by atoms with Gasteiger partial charge in [0, 0.05) is 0 Å². The first-order valence-corrected chi connectivity index (χ1v) is 9.72. The monoisotopic (exact) mass is 360 g/mol. The van der Waals surface area contributed by atoms with Crippen molar-refractivity contribution < 1.29 is 21.0 Å². The average molecular weight is 361 g/mol. The minimum absolute atomic E-state index is 0.00872. The van der Waals surface area contributed by atoms with Gasteiger partial charge in [0.2, 0.25) is 0 Å². The van der Waals surface area contributed by atoms with Crippen LogP contribution in [-0.4, -0.2) is 22.6 Å². The van der Waals surface area contributed by atoms with E-state index in [-0.39, 0.29) is 26.3 Å². The third-order valence-electron chi connectivity index (χ3n) is 2.89. The van der Waals surface area contributed by atoms with Crippen molar-refractivity contribution in [2.45, 2.75) is 16.7 Å². The topological polar surface area (TPSA) is 77.5 Å². The van der Waals surface area contributed by atoms with Gasteiger partial charge in [-0.25, -0.2) is 8.42 Å². The van der Waals surface area contributed by atoms with Crippen molar-refractivity contribution in [3.05, 3.63) is 53.6 Å². The summed E-state index contributed by atoms with van der Waals surface area (Å²) < 4.78 is 52.7. The summed E-state index contributed by atoms with van der Waals surface area (Å²) >= 11 is 5.85. The van der Waals surface area contributed by atoms with Crippen LogP contribution >= 0.6 is 11.6 Å². The molecule has 8 heteroatoms. The molecule has 0 saturated heterocycles. The Morgan fingerprint density at radius 1 is 0.909 bits per heavy atom. The van der Waals surface area contributed by atoms with Gasteiger partial charge < -0.3 is 4.18 Å². The van der Waals surface area contributed by atoms with Gasteiger partial charge in [-0.15, -0.1) is 0 Å². The Morgan fingerprint density at radius 2 is 1.45 bits per heavy atom. The minimum atomic E-state index is -4.08. The fourth-order valence-corrected chi connectivity index (χ4v) is 3.71. The molecule has 0 aliphatic heterocycles. The van der Waals surface area contributed by atoms with Crippen LogP contribution in [0.5, 0.6) is 5.75 Å². The molecule has 0 aliphatic carbocycles. The predicted octanol–water partition coefficient (Wildman–Crippen LogP) is 2.90. The maximum Gasteiger partial charge on any atom is 0.339 e. The van der Waals surface area contributed by atoms with Gasteiger partial charge in [-0.3, -0.25) is 0 Å². The molecule has 0 saturated carbocycles. The number of sulfone groups is 1. The molecular formula is C14H13ClO5S2. The van der Waals surface area contributed by atoms with Crippen molar-refractivity contribution in [3.63, 3.8) is 0 Å². The quantitative estimate of drug-likeness (QED) is 0.766. The molecule has 0 radical (unpaired) electrons. The summed E-state index contributed by atoms with van der Waals surface area (Å²) in [5.41, 5.74) is 0. The van der Waals surface area contributed by atoms with E-state index in [1.165, 1.54) is 43.3 Å². The third kappa shape index (κ3) is 3.60. The fourth-order valence-electron chi connectivity index (χ4n) is 1.66. The van der Waals surface area contributed by atoms with Crippen molar-refractivity contribution >= 4 is 31.6 Å². The summed E-state index contributed by atoms with van der Waals surface area (Å²) in [6.07, 6.45) is 0. The molecule has 0 N–H and O–H groups in total. The summed E-state index contributed by atoms with van der Waals surface area (Å²) in [4.78, 5) is -0.0887. The van der Waals surface area contributed by atoms with Crippen LogP contribution in [0.2, 0.25) is 5.02 Å². The van der Waals surface area contributed by atoms with E-state index >= 15 is 0 Å². The predicted molar refractivity (Wildman–Crippen MR) is 83.4 cm³/mol. The maximum absolute atomic E-state index is 12.2. The Morgan fingerprint density at radius 3 is 2.00 bits per heavy atom. The van der Waals surface area contributed by atoms with Crippen molar-refractivity contribution in [1.29, 1.82) is 0 Å². The average Bonchev–Trinajstić information content (AvgIpc) is 2.49. The number of hydrogen-bond acceptors (Lipinski definition) is 5. The Balaban J connectivity index is 2.33. The van der Waals surface area contributed by atoms with E-state index < -0.39 is 20.0 Å². The van der Waals surface area contributed by atoms with E-state index in [9.17, 15) is 16.8 Å². The molecular weight excluding hydrogens is 348 g/mol. The van der Waals surface area contributed by atoms with Crippen LogP contribution < -0.4 is 4.18 Å². The molecule has 0 spiro atoms. The minimum Gasteiger partial charge on any atom is -0.377 e. The number of halogens is 1.